The van der Waals surface area contributed by atoms with E-state index in [0.717, 1.165) is 5.56 Å². The molecule has 0 aliphatic heterocycles. The Morgan fingerprint density at radius 3 is 2.53 bits per heavy atom. The van der Waals surface area contributed by atoms with Crippen LogP contribution in [0.3, 0.4) is 0 Å². The summed E-state index contributed by atoms with van der Waals surface area (Å²) in [5, 5.41) is 18.1. The summed E-state index contributed by atoms with van der Waals surface area (Å²) >= 11 is 6.10. The van der Waals surface area contributed by atoms with Gasteiger partial charge in [0.2, 0.25) is 0 Å². The van der Waals surface area contributed by atoms with Gasteiger partial charge in [-0.15, -0.1) is 0 Å². The second-order valence-corrected chi connectivity index (χ2v) is 4.48. The van der Waals surface area contributed by atoms with Crippen molar-refractivity contribution in [2.24, 2.45) is 0 Å². The molecule has 0 amide bonds. The molecule has 0 heterocycles. The number of hydrogen-bond acceptors (Lipinski definition) is 3. The lowest BCUT2D eigenvalue weighted by atomic mass is 10.1. The van der Waals surface area contributed by atoms with Crippen molar-refractivity contribution in [3.63, 3.8) is 0 Å². The predicted molar refractivity (Wildman–Crippen MR) is 67.3 cm³/mol. The monoisotopic (exact) mass is 247 g/mol. The minimum absolute atomic E-state index is 0.279. The lowest BCUT2D eigenvalue weighted by Crippen LogP contribution is -2.30. The summed E-state index contributed by atoms with van der Waals surface area (Å²) in [6.45, 7) is 5.06. The molecule has 0 aromatic heterocycles. The molecule has 0 atom stereocenters. The Morgan fingerprint density at radius 2 is 2.06 bits per heavy atom. The third-order valence-electron chi connectivity index (χ3n) is 2.56. The number of nitriles is 2. The van der Waals surface area contributed by atoms with Crippen molar-refractivity contribution in [2.45, 2.75) is 26.4 Å². The number of nitrogens with zero attached hydrogens (tertiary/aromatic N) is 3. The highest BCUT2D eigenvalue weighted by molar-refractivity contribution is 6.31. The fraction of sp³-hybridized carbons (Fsp3) is 0.385. The molecule has 3 nitrogen and oxygen atoms in total. The van der Waals surface area contributed by atoms with Gasteiger partial charge in [-0.1, -0.05) is 17.7 Å². The van der Waals surface area contributed by atoms with Crippen LogP contribution in [0.5, 0.6) is 0 Å². The number of benzene rings is 1. The normalized spacial score (nSPS) is 10.3. The lowest BCUT2D eigenvalue weighted by molar-refractivity contribution is 0.240. The van der Waals surface area contributed by atoms with Crippen molar-refractivity contribution >= 4 is 11.6 Å². The Bertz CT molecular complexity index is 469. The molecule has 0 saturated heterocycles. The molecule has 0 aliphatic carbocycles. The van der Waals surface area contributed by atoms with Crippen LogP contribution in [-0.4, -0.2) is 17.5 Å². The Hall–Kier alpha value is -1.55. The summed E-state index contributed by atoms with van der Waals surface area (Å²) in [6, 6.07) is 9.70. The molecule has 0 radical (unpaired) electrons. The van der Waals surface area contributed by atoms with E-state index < -0.39 is 0 Å². The average Bonchev–Trinajstić information content (AvgIpc) is 2.30. The highest BCUT2D eigenvalue weighted by atomic mass is 35.5. The van der Waals surface area contributed by atoms with Gasteiger partial charge in [-0.05, 0) is 31.5 Å². The lowest BCUT2D eigenvalue weighted by Gasteiger charge is -2.23. The molecule has 4 heteroatoms. The van der Waals surface area contributed by atoms with Crippen LogP contribution in [0.4, 0.5) is 0 Å². The van der Waals surface area contributed by atoms with Crippen LogP contribution in [0.15, 0.2) is 18.2 Å². The summed E-state index contributed by atoms with van der Waals surface area (Å²) in [5.41, 5.74) is 1.49. The third kappa shape index (κ3) is 3.75. The van der Waals surface area contributed by atoms with Crippen LogP contribution in [0.1, 0.15) is 25.0 Å². The smallest absolute Gasteiger partial charge is 0.0992 e. The zero-order valence-corrected chi connectivity index (χ0v) is 10.7. The van der Waals surface area contributed by atoms with E-state index in [1.54, 1.807) is 12.1 Å². The van der Waals surface area contributed by atoms with Crippen LogP contribution in [0.25, 0.3) is 0 Å². The first-order valence-electron chi connectivity index (χ1n) is 5.38. The van der Waals surface area contributed by atoms with E-state index in [4.69, 9.17) is 22.1 Å². The topological polar surface area (TPSA) is 50.8 Å². The van der Waals surface area contributed by atoms with E-state index in [0.29, 0.717) is 23.7 Å². The third-order valence-corrected chi connectivity index (χ3v) is 2.91. The summed E-state index contributed by atoms with van der Waals surface area (Å²) in [5.74, 6) is 0. The molecule has 0 fully saturated rings. The van der Waals surface area contributed by atoms with Gasteiger partial charge in [0.1, 0.15) is 0 Å². The van der Waals surface area contributed by atoms with E-state index in [1.165, 1.54) is 0 Å². The van der Waals surface area contributed by atoms with E-state index in [-0.39, 0.29) is 6.04 Å². The maximum atomic E-state index is 8.75. The molecular formula is C13H14ClN3. The minimum atomic E-state index is 0.279. The highest BCUT2D eigenvalue weighted by Crippen LogP contribution is 2.20. The van der Waals surface area contributed by atoms with Crippen LogP contribution in [-0.2, 0) is 6.54 Å². The second-order valence-electron chi connectivity index (χ2n) is 4.07. The summed E-state index contributed by atoms with van der Waals surface area (Å²) in [7, 11) is 0. The maximum Gasteiger partial charge on any atom is 0.0992 e. The van der Waals surface area contributed by atoms with Crippen LogP contribution < -0.4 is 0 Å². The fourth-order valence-electron chi connectivity index (χ4n) is 1.48. The van der Waals surface area contributed by atoms with Gasteiger partial charge >= 0.3 is 0 Å². The van der Waals surface area contributed by atoms with E-state index >= 15 is 0 Å². The molecule has 1 rings (SSSR count). The van der Waals surface area contributed by atoms with E-state index in [1.807, 2.05) is 30.9 Å². The van der Waals surface area contributed by atoms with Gasteiger partial charge in [0.15, 0.2) is 0 Å². The molecule has 0 bridgehead atoms. The summed E-state index contributed by atoms with van der Waals surface area (Å²) in [6.07, 6.45) is 0. The van der Waals surface area contributed by atoms with Crippen molar-refractivity contribution in [3.8, 4) is 12.1 Å². The van der Waals surface area contributed by atoms with Crippen molar-refractivity contribution in [3.05, 3.63) is 34.3 Å². The molecule has 88 valence electrons. The zero-order valence-electron chi connectivity index (χ0n) is 9.94. The van der Waals surface area contributed by atoms with Gasteiger partial charge in [0.05, 0.1) is 24.2 Å². The van der Waals surface area contributed by atoms with Gasteiger partial charge in [0.25, 0.3) is 0 Å². The molecule has 0 aliphatic rings. The number of hydrogen-bond donors (Lipinski definition) is 0. The first kappa shape index (κ1) is 13.5. The van der Waals surface area contributed by atoms with Gasteiger partial charge in [-0.2, -0.15) is 10.5 Å². The standard InChI is InChI=1S/C13H14ClN3/c1-10(2)17(6-5-15)9-12-4-3-11(8-16)7-13(12)14/h3-4,7,10H,6,9H2,1-2H3. The molecular weight excluding hydrogens is 234 g/mol. The molecule has 17 heavy (non-hydrogen) atoms. The Morgan fingerprint density at radius 1 is 1.35 bits per heavy atom. The largest absolute Gasteiger partial charge is 0.284 e. The van der Waals surface area contributed by atoms with Gasteiger partial charge in [-0.25, -0.2) is 0 Å². The van der Waals surface area contributed by atoms with E-state index in [9.17, 15) is 0 Å². The molecule has 0 saturated carbocycles. The highest BCUT2D eigenvalue weighted by Gasteiger charge is 2.11. The first-order valence-corrected chi connectivity index (χ1v) is 5.75. The molecule has 0 spiro atoms. The quantitative estimate of drug-likeness (QED) is 0.769. The second kappa shape index (κ2) is 6.25. The van der Waals surface area contributed by atoms with Crippen molar-refractivity contribution in [1.29, 1.82) is 10.5 Å². The maximum absolute atomic E-state index is 8.75. The van der Waals surface area contributed by atoms with Crippen LogP contribution in [0.2, 0.25) is 5.02 Å². The van der Waals surface area contributed by atoms with Crippen molar-refractivity contribution < 1.29 is 0 Å². The van der Waals surface area contributed by atoms with Crippen molar-refractivity contribution in [2.75, 3.05) is 6.54 Å². The molecule has 1 aromatic carbocycles. The van der Waals surface area contributed by atoms with Gasteiger partial charge < -0.3 is 0 Å². The van der Waals surface area contributed by atoms with Crippen LogP contribution in [0, 0.1) is 22.7 Å². The summed E-state index contributed by atoms with van der Waals surface area (Å²) < 4.78 is 0. The Labute approximate surface area is 107 Å². The molecule has 0 N–H and O–H groups in total. The van der Waals surface area contributed by atoms with Gasteiger partial charge in [-0.3, -0.25) is 4.90 Å². The predicted octanol–water partition coefficient (Wildman–Crippen LogP) is 2.95. The zero-order chi connectivity index (χ0) is 12.8. The molecule has 0 unspecified atom stereocenters. The first-order chi connectivity index (χ1) is 8.08. The van der Waals surface area contributed by atoms with E-state index in [2.05, 4.69) is 6.07 Å². The minimum Gasteiger partial charge on any atom is -0.284 e. The fourth-order valence-corrected chi connectivity index (χ4v) is 1.72. The van der Waals surface area contributed by atoms with Gasteiger partial charge in [0, 0.05) is 17.6 Å². The Kier molecular flexibility index (Phi) is 4.97. The number of rotatable bonds is 4. The molecule has 1 aromatic rings. The SMILES string of the molecule is CC(C)N(CC#N)Cc1ccc(C#N)cc1Cl. The Balaban J connectivity index is 2.87. The number of halogens is 1. The average molecular weight is 248 g/mol. The van der Waals surface area contributed by atoms with Crippen molar-refractivity contribution in [1.82, 2.24) is 4.90 Å². The van der Waals surface area contributed by atoms with Crippen LogP contribution >= 0.6 is 11.6 Å². The summed E-state index contributed by atoms with van der Waals surface area (Å²) in [4.78, 5) is 2.02.